The first-order valence-corrected chi connectivity index (χ1v) is 5.86. The molecule has 2 aromatic carbocycles. The second kappa shape index (κ2) is 4.73. The molecule has 0 spiro atoms. The van der Waals surface area contributed by atoms with Crippen molar-refractivity contribution in [2.45, 2.75) is 0 Å². The lowest BCUT2D eigenvalue weighted by molar-refractivity contribution is 0.586. The van der Waals surface area contributed by atoms with Gasteiger partial charge in [-0.3, -0.25) is 0 Å². The maximum Gasteiger partial charge on any atom is 0.149 e. The van der Waals surface area contributed by atoms with Crippen LogP contribution in [0.3, 0.4) is 0 Å². The molecule has 3 N–H and O–H groups in total. The van der Waals surface area contributed by atoms with E-state index in [9.17, 15) is 8.78 Å². The minimum Gasteiger partial charge on any atom is -0.399 e. The number of hydrogen-bond acceptors (Lipinski definition) is 4. The summed E-state index contributed by atoms with van der Waals surface area (Å²) in [4.78, 5) is 8.17. The van der Waals surface area contributed by atoms with Crippen LogP contribution in [-0.4, -0.2) is 9.97 Å². The molecule has 0 unspecified atom stereocenters. The molecule has 0 fully saturated rings. The number of aromatic nitrogens is 2. The van der Waals surface area contributed by atoms with E-state index in [1.807, 2.05) is 0 Å². The second-order valence-electron chi connectivity index (χ2n) is 4.25. The van der Waals surface area contributed by atoms with E-state index in [2.05, 4.69) is 15.3 Å². The zero-order chi connectivity index (χ0) is 14.1. The molecule has 0 amide bonds. The molecule has 3 rings (SSSR count). The summed E-state index contributed by atoms with van der Waals surface area (Å²) in [5, 5.41) is 3.53. The summed E-state index contributed by atoms with van der Waals surface area (Å²) in [5.41, 5.74) is 7.05. The van der Waals surface area contributed by atoms with Gasteiger partial charge in [0.1, 0.15) is 23.8 Å². The number of halogens is 2. The normalized spacial score (nSPS) is 10.7. The number of rotatable bonds is 2. The number of nitrogen functional groups attached to an aromatic ring is 1. The van der Waals surface area contributed by atoms with Gasteiger partial charge in [0.2, 0.25) is 0 Å². The van der Waals surface area contributed by atoms with Crippen LogP contribution in [0.2, 0.25) is 0 Å². The molecule has 0 aliphatic rings. The summed E-state index contributed by atoms with van der Waals surface area (Å²) in [6, 6.07) is 8.45. The lowest BCUT2D eigenvalue weighted by Gasteiger charge is -2.09. The molecule has 0 bridgehead atoms. The van der Waals surface area contributed by atoms with Gasteiger partial charge < -0.3 is 11.1 Å². The van der Waals surface area contributed by atoms with Crippen molar-refractivity contribution in [1.29, 1.82) is 0 Å². The van der Waals surface area contributed by atoms with Crippen LogP contribution in [0.15, 0.2) is 42.7 Å². The summed E-state index contributed by atoms with van der Waals surface area (Å²) in [6.45, 7) is 0. The summed E-state index contributed by atoms with van der Waals surface area (Å²) < 4.78 is 26.5. The molecular formula is C14H10F2N4. The van der Waals surface area contributed by atoms with Gasteiger partial charge in [0.05, 0.1) is 11.2 Å². The summed E-state index contributed by atoms with van der Waals surface area (Å²) in [6.07, 6.45) is 1.35. The Labute approximate surface area is 113 Å². The Morgan fingerprint density at radius 1 is 1.00 bits per heavy atom. The van der Waals surface area contributed by atoms with Crippen molar-refractivity contribution in [3.8, 4) is 0 Å². The minimum atomic E-state index is -0.688. The first kappa shape index (κ1) is 12.3. The highest BCUT2D eigenvalue weighted by molar-refractivity contribution is 5.92. The molecule has 4 nitrogen and oxygen atoms in total. The highest BCUT2D eigenvalue weighted by Crippen LogP contribution is 2.25. The number of nitrogens with one attached hydrogen (secondary N) is 1. The highest BCUT2D eigenvalue weighted by Gasteiger charge is 2.08. The number of benzene rings is 2. The molecule has 6 heteroatoms. The zero-order valence-electron chi connectivity index (χ0n) is 10.3. The third kappa shape index (κ3) is 2.23. The van der Waals surface area contributed by atoms with Crippen molar-refractivity contribution in [3.05, 3.63) is 54.4 Å². The molecule has 0 saturated heterocycles. The van der Waals surface area contributed by atoms with Crippen LogP contribution >= 0.6 is 0 Å². The molecule has 100 valence electrons. The predicted octanol–water partition coefficient (Wildman–Crippen LogP) is 3.23. The molecule has 20 heavy (non-hydrogen) atoms. The standard InChI is InChI=1S/C14H10F2N4/c15-8-1-4-12(11(16)5-8)20-14-10-3-2-9(17)6-13(10)18-7-19-14/h1-7H,17H2,(H,18,19,20). The lowest BCUT2D eigenvalue weighted by Crippen LogP contribution is -1.99. The van der Waals surface area contributed by atoms with E-state index in [1.165, 1.54) is 18.5 Å². The van der Waals surface area contributed by atoms with Crippen molar-refractivity contribution in [1.82, 2.24) is 9.97 Å². The van der Waals surface area contributed by atoms with Gasteiger partial charge in [0.15, 0.2) is 0 Å². The quantitative estimate of drug-likeness (QED) is 0.703. The van der Waals surface area contributed by atoms with E-state index >= 15 is 0 Å². The van der Waals surface area contributed by atoms with Crippen LogP contribution in [0.5, 0.6) is 0 Å². The van der Waals surface area contributed by atoms with Gasteiger partial charge in [-0.05, 0) is 30.3 Å². The van der Waals surface area contributed by atoms with Gasteiger partial charge in [-0.15, -0.1) is 0 Å². The third-order valence-electron chi connectivity index (χ3n) is 2.84. The number of nitrogens with zero attached hydrogens (tertiary/aromatic N) is 2. The summed E-state index contributed by atoms with van der Waals surface area (Å²) in [7, 11) is 0. The average molecular weight is 272 g/mol. The van der Waals surface area contributed by atoms with Gasteiger partial charge >= 0.3 is 0 Å². The van der Waals surface area contributed by atoms with Gasteiger partial charge in [-0.2, -0.15) is 0 Å². The van der Waals surface area contributed by atoms with E-state index in [-0.39, 0.29) is 5.69 Å². The number of anilines is 3. The van der Waals surface area contributed by atoms with Crippen molar-refractivity contribution in [3.63, 3.8) is 0 Å². The predicted molar refractivity (Wildman–Crippen MR) is 73.6 cm³/mol. The first-order valence-electron chi connectivity index (χ1n) is 5.86. The molecule has 0 saturated carbocycles. The third-order valence-corrected chi connectivity index (χ3v) is 2.84. The van der Waals surface area contributed by atoms with Gasteiger partial charge in [-0.25, -0.2) is 18.7 Å². The fourth-order valence-electron chi connectivity index (χ4n) is 1.89. The molecule has 0 aliphatic carbocycles. The van der Waals surface area contributed by atoms with Crippen LogP contribution < -0.4 is 11.1 Å². The van der Waals surface area contributed by atoms with Crippen molar-refractivity contribution >= 4 is 28.1 Å². The first-order chi connectivity index (χ1) is 9.63. The molecule has 1 heterocycles. The fourth-order valence-corrected chi connectivity index (χ4v) is 1.89. The van der Waals surface area contributed by atoms with Crippen LogP contribution in [-0.2, 0) is 0 Å². The summed E-state index contributed by atoms with van der Waals surface area (Å²) >= 11 is 0. The largest absolute Gasteiger partial charge is 0.399 e. The molecule has 3 aromatic rings. The molecule has 0 aliphatic heterocycles. The Morgan fingerprint density at radius 3 is 2.65 bits per heavy atom. The summed E-state index contributed by atoms with van der Waals surface area (Å²) in [5.74, 6) is -0.888. The van der Waals surface area contributed by atoms with Crippen LogP contribution in [0.25, 0.3) is 10.9 Å². The maximum atomic E-state index is 13.6. The van der Waals surface area contributed by atoms with Gasteiger partial charge in [-0.1, -0.05) is 0 Å². The van der Waals surface area contributed by atoms with E-state index in [4.69, 9.17) is 5.73 Å². The second-order valence-corrected chi connectivity index (χ2v) is 4.25. The Kier molecular flexibility index (Phi) is 2.90. The van der Waals surface area contributed by atoms with Crippen molar-refractivity contribution in [2.75, 3.05) is 11.1 Å². The van der Waals surface area contributed by atoms with Crippen molar-refractivity contribution in [2.24, 2.45) is 0 Å². The highest BCUT2D eigenvalue weighted by atomic mass is 19.1. The number of nitrogens with two attached hydrogens (primary N) is 1. The SMILES string of the molecule is Nc1ccc2c(Nc3ccc(F)cc3F)ncnc2c1. The van der Waals surface area contributed by atoms with E-state index < -0.39 is 11.6 Å². The van der Waals surface area contributed by atoms with E-state index in [0.717, 1.165) is 6.07 Å². The Hall–Kier alpha value is -2.76. The van der Waals surface area contributed by atoms with Crippen LogP contribution in [0.4, 0.5) is 26.0 Å². The van der Waals surface area contributed by atoms with E-state index in [0.29, 0.717) is 22.4 Å². The Bertz CT molecular complexity index is 789. The van der Waals surface area contributed by atoms with Gasteiger partial charge in [0.25, 0.3) is 0 Å². The Morgan fingerprint density at radius 2 is 1.85 bits per heavy atom. The number of hydrogen-bond donors (Lipinski definition) is 2. The maximum absolute atomic E-state index is 13.6. The fraction of sp³-hybridized carbons (Fsp3) is 0. The average Bonchev–Trinajstić information content (AvgIpc) is 2.41. The molecule has 0 atom stereocenters. The molecular weight excluding hydrogens is 262 g/mol. The minimum absolute atomic E-state index is 0.142. The zero-order valence-corrected chi connectivity index (χ0v) is 10.3. The molecule has 1 aromatic heterocycles. The molecule has 0 radical (unpaired) electrons. The Balaban J connectivity index is 2.06. The van der Waals surface area contributed by atoms with Crippen molar-refractivity contribution < 1.29 is 8.78 Å². The van der Waals surface area contributed by atoms with Gasteiger partial charge in [0, 0.05) is 17.1 Å². The van der Waals surface area contributed by atoms with Crippen LogP contribution in [0, 0.1) is 11.6 Å². The van der Waals surface area contributed by atoms with E-state index in [1.54, 1.807) is 18.2 Å². The lowest BCUT2D eigenvalue weighted by atomic mass is 10.2. The van der Waals surface area contributed by atoms with Crippen LogP contribution in [0.1, 0.15) is 0 Å². The smallest absolute Gasteiger partial charge is 0.149 e. The number of fused-ring (bicyclic) bond motifs is 1. The topological polar surface area (TPSA) is 63.8 Å². The monoisotopic (exact) mass is 272 g/mol.